The molecule has 1 fully saturated rings. The van der Waals surface area contributed by atoms with E-state index in [1.165, 1.54) is 6.92 Å². The van der Waals surface area contributed by atoms with Gasteiger partial charge in [0.1, 0.15) is 5.25 Å². The number of sulfone groups is 1. The Morgan fingerprint density at radius 1 is 1.26 bits per heavy atom. The minimum Gasteiger partial charge on any atom is -0.228 e. The molecule has 0 heterocycles. The third kappa shape index (κ3) is 2.05. The van der Waals surface area contributed by atoms with Crippen molar-refractivity contribution in [2.24, 2.45) is 5.41 Å². The lowest BCUT2D eigenvalue weighted by molar-refractivity contribution is 0.592. The number of hydrogen-bond acceptors (Lipinski definition) is 4. The maximum absolute atomic E-state index is 12.0. The second-order valence-electron chi connectivity index (χ2n) is 4.49. The van der Waals surface area contributed by atoms with Crippen LogP contribution in [0.1, 0.15) is 18.4 Å². The summed E-state index contributed by atoms with van der Waals surface area (Å²) in [6.45, 7) is 1.53. The Labute approximate surface area is 120 Å². The SMILES string of the molecule is CCS(=O)(=O)C1C(c2ccc(Br)cc2)C1(C#N)C#N. The first-order chi connectivity index (χ1) is 8.93. The molecule has 2 rings (SSSR count). The van der Waals surface area contributed by atoms with E-state index >= 15 is 0 Å². The summed E-state index contributed by atoms with van der Waals surface area (Å²) >= 11 is 3.30. The molecule has 0 bridgehead atoms. The van der Waals surface area contributed by atoms with Crippen molar-refractivity contribution in [3.05, 3.63) is 34.3 Å². The van der Waals surface area contributed by atoms with Crippen LogP contribution in [0, 0.1) is 28.1 Å². The normalized spacial score (nSPS) is 24.2. The molecule has 2 atom stereocenters. The molecule has 2 unspecified atom stereocenters. The number of nitrogens with zero attached hydrogens (tertiary/aromatic N) is 2. The minimum absolute atomic E-state index is 0.0597. The molecular formula is C13H11BrN2O2S. The smallest absolute Gasteiger partial charge is 0.169 e. The topological polar surface area (TPSA) is 81.7 Å². The number of nitriles is 2. The zero-order chi connectivity index (χ0) is 14.3. The van der Waals surface area contributed by atoms with Gasteiger partial charge in [-0.25, -0.2) is 8.42 Å². The van der Waals surface area contributed by atoms with Gasteiger partial charge in [-0.2, -0.15) is 10.5 Å². The summed E-state index contributed by atoms with van der Waals surface area (Å²) in [7, 11) is -3.42. The van der Waals surface area contributed by atoms with Crippen molar-refractivity contribution in [3.63, 3.8) is 0 Å². The number of rotatable bonds is 3. The van der Waals surface area contributed by atoms with Gasteiger partial charge in [0.05, 0.1) is 12.1 Å². The average molecular weight is 339 g/mol. The van der Waals surface area contributed by atoms with E-state index in [2.05, 4.69) is 15.9 Å². The quantitative estimate of drug-likeness (QED) is 0.847. The fourth-order valence-corrected chi connectivity index (χ4v) is 4.58. The summed E-state index contributed by atoms with van der Waals surface area (Å²) < 4.78 is 24.9. The van der Waals surface area contributed by atoms with Gasteiger partial charge >= 0.3 is 0 Å². The monoisotopic (exact) mass is 338 g/mol. The molecule has 0 saturated heterocycles. The van der Waals surface area contributed by atoms with Crippen LogP contribution in [0.3, 0.4) is 0 Å². The lowest BCUT2D eigenvalue weighted by Crippen LogP contribution is -2.15. The van der Waals surface area contributed by atoms with Gasteiger partial charge in [0.2, 0.25) is 0 Å². The van der Waals surface area contributed by atoms with Gasteiger partial charge in [-0.05, 0) is 17.7 Å². The average Bonchev–Trinajstić information content (AvgIpc) is 3.10. The van der Waals surface area contributed by atoms with E-state index in [-0.39, 0.29) is 5.75 Å². The van der Waals surface area contributed by atoms with Gasteiger partial charge in [-0.1, -0.05) is 35.0 Å². The van der Waals surface area contributed by atoms with E-state index in [1.807, 2.05) is 12.1 Å². The standard InChI is InChI=1S/C13H11BrN2O2S/c1-2-19(17,18)12-11(13(12,7-15)8-16)9-3-5-10(14)6-4-9/h3-6,11-12H,2H2,1H3. The predicted octanol–water partition coefficient (Wildman–Crippen LogP) is 2.38. The Hall–Kier alpha value is -1.37. The number of hydrogen-bond donors (Lipinski definition) is 0. The van der Waals surface area contributed by atoms with Gasteiger partial charge < -0.3 is 0 Å². The second-order valence-corrected chi connectivity index (χ2v) is 7.82. The van der Waals surface area contributed by atoms with E-state index in [4.69, 9.17) is 0 Å². The van der Waals surface area contributed by atoms with Gasteiger partial charge in [-0.3, -0.25) is 0 Å². The lowest BCUT2D eigenvalue weighted by Gasteiger charge is -2.00. The van der Waals surface area contributed by atoms with E-state index < -0.39 is 26.4 Å². The molecular weight excluding hydrogens is 328 g/mol. The van der Waals surface area contributed by atoms with Crippen molar-refractivity contribution in [2.45, 2.75) is 18.1 Å². The van der Waals surface area contributed by atoms with Crippen molar-refractivity contribution in [2.75, 3.05) is 5.75 Å². The molecule has 0 aliphatic heterocycles. The van der Waals surface area contributed by atoms with Crippen LogP contribution < -0.4 is 0 Å². The van der Waals surface area contributed by atoms with Crippen molar-refractivity contribution < 1.29 is 8.42 Å². The van der Waals surface area contributed by atoms with Crippen molar-refractivity contribution >= 4 is 25.8 Å². The summed E-state index contributed by atoms with van der Waals surface area (Å²) in [6.07, 6.45) is 0. The highest BCUT2D eigenvalue weighted by Gasteiger charge is 2.72. The van der Waals surface area contributed by atoms with Crippen LogP contribution >= 0.6 is 15.9 Å². The molecule has 0 amide bonds. The van der Waals surface area contributed by atoms with Crippen LogP contribution in [0.5, 0.6) is 0 Å². The molecule has 0 spiro atoms. The third-order valence-electron chi connectivity index (χ3n) is 3.52. The summed E-state index contributed by atoms with van der Waals surface area (Å²) in [4.78, 5) is 0. The summed E-state index contributed by atoms with van der Waals surface area (Å²) in [5.74, 6) is -0.615. The van der Waals surface area contributed by atoms with Crippen molar-refractivity contribution in [1.29, 1.82) is 10.5 Å². The Kier molecular flexibility index (Phi) is 3.42. The molecule has 6 heteroatoms. The first-order valence-electron chi connectivity index (χ1n) is 5.72. The van der Waals surface area contributed by atoms with Crippen LogP contribution in [0.2, 0.25) is 0 Å². The van der Waals surface area contributed by atoms with Crippen molar-refractivity contribution in [1.82, 2.24) is 0 Å². The van der Waals surface area contributed by atoms with E-state index in [9.17, 15) is 18.9 Å². The number of benzene rings is 1. The van der Waals surface area contributed by atoms with Crippen LogP contribution in [-0.2, 0) is 9.84 Å². The fourth-order valence-electron chi connectivity index (χ4n) is 2.43. The Morgan fingerprint density at radius 2 is 1.79 bits per heavy atom. The van der Waals surface area contributed by atoms with Gasteiger partial charge in [-0.15, -0.1) is 0 Å². The van der Waals surface area contributed by atoms with E-state index in [0.29, 0.717) is 5.56 Å². The summed E-state index contributed by atoms with van der Waals surface area (Å²) in [5.41, 5.74) is -0.726. The molecule has 0 radical (unpaired) electrons. The molecule has 98 valence electrons. The fraction of sp³-hybridized carbons (Fsp3) is 0.385. The molecule has 0 aromatic heterocycles. The molecule has 1 aliphatic carbocycles. The lowest BCUT2D eigenvalue weighted by atomic mass is 10.0. The molecule has 19 heavy (non-hydrogen) atoms. The van der Waals surface area contributed by atoms with Crippen LogP contribution in [0.4, 0.5) is 0 Å². The molecule has 1 saturated carbocycles. The Morgan fingerprint density at radius 3 is 2.21 bits per heavy atom. The highest BCUT2D eigenvalue weighted by molar-refractivity contribution is 9.10. The van der Waals surface area contributed by atoms with Gasteiger partial charge in [0.15, 0.2) is 15.3 Å². The van der Waals surface area contributed by atoms with Gasteiger partial charge in [0.25, 0.3) is 0 Å². The largest absolute Gasteiger partial charge is 0.228 e. The van der Waals surface area contributed by atoms with E-state index in [0.717, 1.165) is 4.47 Å². The number of halogens is 1. The van der Waals surface area contributed by atoms with Crippen LogP contribution in [0.15, 0.2) is 28.7 Å². The van der Waals surface area contributed by atoms with Crippen molar-refractivity contribution in [3.8, 4) is 12.1 Å². The molecule has 1 aromatic carbocycles. The van der Waals surface area contributed by atoms with E-state index in [1.54, 1.807) is 24.3 Å². The highest BCUT2D eigenvalue weighted by Crippen LogP contribution is 2.62. The Balaban J connectivity index is 2.50. The zero-order valence-electron chi connectivity index (χ0n) is 10.2. The predicted molar refractivity (Wildman–Crippen MR) is 73.8 cm³/mol. The van der Waals surface area contributed by atoms with Crippen LogP contribution in [0.25, 0.3) is 0 Å². The molecule has 0 N–H and O–H groups in total. The molecule has 4 nitrogen and oxygen atoms in total. The minimum atomic E-state index is -3.42. The maximum Gasteiger partial charge on any atom is 0.169 e. The summed E-state index contributed by atoms with van der Waals surface area (Å²) in [6, 6.07) is 10.9. The zero-order valence-corrected chi connectivity index (χ0v) is 12.6. The van der Waals surface area contributed by atoms with Gasteiger partial charge in [0, 0.05) is 16.1 Å². The first-order valence-corrected chi connectivity index (χ1v) is 8.23. The Bertz CT molecular complexity index is 669. The maximum atomic E-state index is 12.0. The third-order valence-corrected chi connectivity index (χ3v) is 6.27. The molecule has 1 aliphatic rings. The van der Waals surface area contributed by atoms with Crippen LogP contribution in [-0.4, -0.2) is 19.4 Å². The highest BCUT2D eigenvalue weighted by atomic mass is 79.9. The molecule has 1 aromatic rings. The first kappa shape index (κ1) is 14.0. The second kappa shape index (κ2) is 4.63. The summed E-state index contributed by atoms with van der Waals surface area (Å²) in [5, 5.41) is 17.5.